The number of rotatable bonds is 6. The largest absolute Gasteiger partial charge is 0.315 e. The minimum absolute atomic E-state index is 0.326. The van der Waals surface area contributed by atoms with Gasteiger partial charge in [0.05, 0.1) is 11.5 Å². The zero-order chi connectivity index (χ0) is 12.7. The molecular weight excluding hydrogens is 236 g/mol. The number of hydrogen-bond donors (Lipinski definition) is 1. The van der Waals surface area contributed by atoms with E-state index in [2.05, 4.69) is 24.1 Å². The molecule has 17 heavy (non-hydrogen) atoms. The fourth-order valence-electron chi connectivity index (χ4n) is 2.14. The van der Waals surface area contributed by atoms with E-state index in [9.17, 15) is 8.42 Å². The number of nitrogens with one attached hydrogen (secondary N) is 1. The molecule has 0 aromatic heterocycles. The molecule has 5 heteroatoms. The van der Waals surface area contributed by atoms with Crippen molar-refractivity contribution in [2.75, 3.05) is 37.7 Å². The van der Waals surface area contributed by atoms with Crippen LogP contribution in [0.25, 0.3) is 0 Å². The van der Waals surface area contributed by atoms with Gasteiger partial charge in [-0.3, -0.25) is 4.90 Å². The molecule has 1 fully saturated rings. The van der Waals surface area contributed by atoms with E-state index < -0.39 is 9.84 Å². The van der Waals surface area contributed by atoms with Gasteiger partial charge in [-0.2, -0.15) is 0 Å². The van der Waals surface area contributed by atoms with Crippen molar-refractivity contribution >= 4 is 9.84 Å². The molecule has 0 aliphatic carbocycles. The predicted octanol–water partition coefficient (Wildman–Crippen LogP) is 0.885. The molecule has 1 saturated heterocycles. The lowest BCUT2D eigenvalue weighted by Gasteiger charge is -2.27. The average molecular weight is 262 g/mol. The monoisotopic (exact) mass is 262 g/mol. The molecule has 0 aromatic rings. The van der Waals surface area contributed by atoms with E-state index in [1.54, 1.807) is 0 Å². The lowest BCUT2D eigenvalue weighted by molar-refractivity contribution is 0.220. The molecule has 1 aliphatic rings. The highest BCUT2D eigenvalue weighted by Crippen LogP contribution is 2.08. The van der Waals surface area contributed by atoms with Gasteiger partial charge in [-0.25, -0.2) is 8.42 Å². The van der Waals surface area contributed by atoms with E-state index in [-0.39, 0.29) is 0 Å². The molecular formula is C12H26N2O2S. The molecule has 0 spiro atoms. The average Bonchev–Trinajstić information content (AvgIpc) is 2.45. The van der Waals surface area contributed by atoms with Crippen LogP contribution in [-0.2, 0) is 9.84 Å². The smallest absolute Gasteiger partial charge is 0.151 e. The van der Waals surface area contributed by atoms with Crippen molar-refractivity contribution in [3.63, 3.8) is 0 Å². The maximum Gasteiger partial charge on any atom is 0.151 e. The summed E-state index contributed by atoms with van der Waals surface area (Å²) in [4.78, 5) is 2.30. The second-order valence-corrected chi connectivity index (χ2v) is 7.25. The van der Waals surface area contributed by atoms with Gasteiger partial charge in [-0.05, 0) is 32.9 Å². The summed E-state index contributed by atoms with van der Waals surface area (Å²) in [5, 5.41) is 3.43. The zero-order valence-electron chi connectivity index (χ0n) is 11.1. The van der Waals surface area contributed by atoms with Gasteiger partial charge in [0.2, 0.25) is 0 Å². The number of sulfone groups is 1. The first-order chi connectivity index (χ1) is 8.05. The predicted molar refractivity (Wildman–Crippen MR) is 72.1 cm³/mol. The molecule has 102 valence electrons. The second kappa shape index (κ2) is 7.34. The third-order valence-electron chi connectivity index (χ3n) is 3.36. The Bertz CT molecular complexity index is 304. The van der Waals surface area contributed by atoms with Gasteiger partial charge < -0.3 is 5.32 Å². The molecule has 0 bridgehead atoms. The van der Waals surface area contributed by atoms with E-state index in [4.69, 9.17) is 0 Å². The summed E-state index contributed by atoms with van der Waals surface area (Å²) in [5.74, 6) is 0.686. The molecule has 0 aromatic carbocycles. The van der Waals surface area contributed by atoms with Gasteiger partial charge in [0.25, 0.3) is 0 Å². The second-order valence-electron chi connectivity index (χ2n) is 4.95. The van der Waals surface area contributed by atoms with Crippen LogP contribution in [0.15, 0.2) is 0 Å². The van der Waals surface area contributed by atoms with Crippen LogP contribution < -0.4 is 5.32 Å². The lowest BCUT2D eigenvalue weighted by Crippen LogP contribution is -2.42. The van der Waals surface area contributed by atoms with Crippen LogP contribution >= 0.6 is 0 Å². The Morgan fingerprint density at radius 3 is 2.76 bits per heavy atom. The van der Waals surface area contributed by atoms with E-state index in [1.807, 2.05) is 0 Å². The first-order valence-corrected chi connectivity index (χ1v) is 8.52. The summed E-state index contributed by atoms with van der Waals surface area (Å²) in [6.07, 6.45) is 3.20. The third kappa shape index (κ3) is 5.84. The number of hydrogen-bond acceptors (Lipinski definition) is 4. The van der Waals surface area contributed by atoms with Crippen molar-refractivity contribution in [2.24, 2.45) is 0 Å². The van der Waals surface area contributed by atoms with Crippen molar-refractivity contribution in [2.45, 2.75) is 39.2 Å². The van der Waals surface area contributed by atoms with Crippen LogP contribution in [0.3, 0.4) is 0 Å². The fourth-order valence-corrected chi connectivity index (χ4v) is 3.43. The van der Waals surface area contributed by atoms with Crippen LogP contribution in [0.2, 0.25) is 0 Å². The van der Waals surface area contributed by atoms with Gasteiger partial charge in [0.1, 0.15) is 0 Å². The third-order valence-corrected chi connectivity index (χ3v) is 5.08. The highest BCUT2D eigenvalue weighted by atomic mass is 32.2. The maximum absolute atomic E-state index is 11.5. The Labute approximate surface area is 106 Å². The van der Waals surface area contributed by atoms with Gasteiger partial charge in [-0.15, -0.1) is 0 Å². The molecule has 0 amide bonds. The minimum atomic E-state index is -2.78. The Kier molecular flexibility index (Phi) is 6.44. The van der Waals surface area contributed by atoms with Gasteiger partial charge in [-0.1, -0.05) is 13.3 Å². The fraction of sp³-hybridized carbons (Fsp3) is 1.00. The summed E-state index contributed by atoms with van der Waals surface area (Å²) in [5.41, 5.74) is 0. The summed E-state index contributed by atoms with van der Waals surface area (Å²) in [6.45, 7) is 7.99. The van der Waals surface area contributed by atoms with Gasteiger partial charge in [0.15, 0.2) is 9.84 Å². The molecule has 4 nitrogen and oxygen atoms in total. The van der Waals surface area contributed by atoms with Crippen LogP contribution in [0.1, 0.15) is 33.1 Å². The molecule has 1 aliphatic heterocycles. The van der Waals surface area contributed by atoms with Gasteiger partial charge in [0, 0.05) is 19.1 Å². The summed E-state index contributed by atoms with van der Waals surface area (Å²) >= 11 is 0. The topological polar surface area (TPSA) is 49.4 Å². The summed E-state index contributed by atoms with van der Waals surface area (Å²) < 4.78 is 23.0. The number of unbranched alkanes of at least 4 members (excludes halogenated alkanes) is 1. The summed E-state index contributed by atoms with van der Waals surface area (Å²) in [7, 11) is -2.78. The molecule has 0 radical (unpaired) electrons. The van der Waals surface area contributed by atoms with E-state index >= 15 is 0 Å². The Morgan fingerprint density at radius 1 is 1.29 bits per heavy atom. The van der Waals surface area contributed by atoms with Crippen LogP contribution in [0, 0.1) is 0 Å². The van der Waals surface area contributed by atoms with Crippen molar-refractivity contribution < 1.29 is 8.42 Å². The van der Waals surface area contributed by atoms with Crippen molar-refractivity contribution in [1.29, 1.82) is 0 Å². The van der Waals surface area contributed by atoms with Crippen LogP contribution in [0.4, 0.5) is 0 Å². The normalized spacial score (nSPS) is 23.2. The van der Waals surface area contributed by atoms with Crippen molar-refractivity contribution in [3.8, 4) is 0 Å². The molecule has 1 unspecified atom stereocenters. The van der Waals surface area contributed by atoms with Crippen molar-refractivity contribution in [1.82, 2.24) is 10.2 Å². The van der Waals surface area contributed by atoms with E-state index in [0.717, 1.165) is 26.1 Å². The number of nitrogens with zero attached hydrogens (tertiary/aromatic N) is 1. The van der Waals surface area contributed by atoms with Crippen LogP contribution in [-0.4, -0.2) is 57.0 Å². The lowest BCUT2D eigenvalue weighted by atomic mass is 10.2. The molecule has 1 rings (SSSR count). The highest BCUT2D eigenvalue weighted by molar-refractivity contribution is 7.91. The van der Waals surface area contributed by atoms with Crippen molar-refractivity contribution in [3.05, 3.63) is 0 Å². The minimum Gasteiger partial charge on any atom is -0.315 e. The summed E-state index contributed by atoms with van der Waals surface area (Å²) in [6, 6.07) is 0.431. The molecule has 1 heterocycles. The SMILES string of the molecule is CCCCNCC(C)N1CCCS(=O)(=O)CC1. The van der Waals surface area contributed by atoms with Gasteiger partial charge >= 0.3 is 0 Å². The first-order valence-electron chi connectivity index (χ1n) is 6.70. The Morgan fingerprint density at radius 2 is 2.06 bits per heavy atom. The van der Waals surface area contributed by atoms with E-state index in [1.165, 1.54) is 12.8 Å². The first kappa shape index (κ1) is 14.9. The zero-order valence-corrected chi connectivity index (χ0v) is 11.9. The van der Waals surface area contributed by atoms with E-state index in [0.29, 0.717) is 24.1 Å². The molecule has 0 saturated carbocycles. The molecule has 1 N–H and O–H groups in total. The Balaban J connectivity index is 2.29. The quantitative estimate of drug-likeness (QED) is 0.722. The maximum atomic E-state index is 11.5. The molecule has 1 atom stereocenters. The Hall–Kier alpha value is -0.130. The highest BCUT2D eigenvalue weighted by Gasteiger charge is 2.21. The standard InChI is InChI=1S/C12H26N2O2S/c1-3-4-6-13-11-12(2)14-7-5-9-17(15,16)10-8-14/h12-13H,3-11H2,1-2H3. The van der Waals surface area contributed by atoms with Crippen LogP contribution in [0.5, 0.6) is 0 Å².